The van der Waals surface area contributed by atoms with Crippen molar-refractivity contribution in [1.29, 1.82) is 0 Å². The van der Waals surface area contributed by atoms with Gasteiger partial charge in [-0.05, 0) is 25.3 Å². The summed E-state index contributed by atoms with van der Waals surface area (Å²) in [5.41, 5.74) is 0.924. The molecule has 2 rings (SSSR count). The van der Waals surface area contributed by atoms with Crippen molar-refractivity contribution in [3.8, 4) is 0 Å². The summed E-state index contributed by atoms with van der Waals surface area (Å²) in [6.45, 7) is 1.04. The van der Waals surface area contributed by atoms with Crippen LogP contribution >= 0.6 is 0 Å². The molecule has 1 unspecified atom stereocenters. The van der Waals surface area contributed by atoms with Crippen LogP contribution < -0.4 is 20.9 Å². The molecule has 1 aliphatic heterocycles. The molecule has 0 aliphatic carbocycles. The second-order valence-electron chi connectivity index (χ2n) is 5.55. The molecule has 7 heteroatoms. The average molecular weight is 305 g/mol. The molecule has 0 aromatic carbocycles. The fraction of sp³-hybridized carbons (Fsp3) is 0.533. The predicted molar refractivity (Wildman–Crippen MR) is 84.6 cm³/mol. The Labute approximate surface area is 130 Å². The first-order valence-electron chi connectivity index (χ1n) is 7.51. The molecule has 3 amide bonds. The molecule has 1 fully saturated rings. The predicted octanol–water partition coefficient (Wildman–Crippen LogP) is 0.615. The van der Waals surface area contributed by atoms with Crippen molar-refractivity contribution >= 4 is 17.8 Å². The van der Waals surface area contributed by atoms with Crippen LogP contribution in [0.2, 0.25) is 0 Å². The summed E-state index contributed by atoms with van der Waals surface area (Å²) in [5.74, 6) is 0.706. The van der Waals surface area contributed by atoms with Gasteiger partial charge in [-0.25, -0.2) is 9.78 Å². The fourth-order valence-electron chi connectivity index (χ4n) is 2.43. The van der Waals surface area contributed by atoms with Crippen LogP contribution in [0, 0.1) is 0 Å². The number of nitrogens with zero attached hydrogens (tertiary/aromatic N) is 2. The Bertz CT molecular complexity index is 532. The van der Waals surface area contributed by atoms with E-state index < -0.39 is 6.04 Å². The highest BCUT2D eigenvalue weighted by Gasteiger charge is 2.22. The number of anilines is 1. The lowest BCUT2D eigenvalue weighted by Gasteiger charge is -2.18. The van der Waals surface area contributed by atoms with Crippen molar-refractivity contribution in [2.24, 2.45) is 0 Å². The number of aromatic nitrogens is 1. The molecule has 1 atom stereocenters. The van der Waals surface area contributed by atoms with Gasteiger partial charge < -0.3 is 20.9 Å². The van der Waals surface area contributed by atoms with Gasteiger partial charge in [-0.2, -0.15) is 0 Å². The fourth-order valence-corrected chi connectivity index (χ4v) is 2.43. The lowest BCUT2D eigenvalue weighted by atomic mass is 10.1. The van der Waals surface area contributed by atoms with E-state index in [1.807, 2.05) is 31.1 Å². The molecule has 3 N–H and O–H groups in total. The molecule has 22 heavy (non-hydrogen) atoms. The van der Waals surface area contributed by atoms with Crippen LogP contribution in [0.4, 0.5) is 10.6 Å². The monoisotopic (exact) mass is 305 g/mol. The molecule has 120 valence electrons. The molecule has 1 aromatic rings. The van der Waals surface area contributed by atoms with Gasteiger partial charge in [-0.3, -0.25) is 4.79 Å². The van der Waals surface area contributed by atoms with E-state index in [-0.39, 0.29) is 11.9 Å². The normalized spacial score (nSPS) is 18.1. The number of carbonyl (C=O) groups is 2. The number of amides is 3. The highest BCUT2D eigenvalue weighted by atomic mass is 16.2. The van der Waals surface area contributed by atoms with E-state index in [0.29, 0.717) is 19.5 Å². The van der Waals surface area contributed by atoms with E-state index in [1.54, 1.807) is 6.20 Å². The number of hydrogen-bond donors (Lipinski definition) is 3. The minimum absolute atomic E-state index is 0.108. The highest BCUT2D eigenvalue weighted by Crippen LogP contribution is 2.13. The minimum Gasteiger partial charge on any atom is -0.362 e. The average Bonchev–Trinajstić information content (AvgIpc) is 2.70. The zero-order chi connectivity index (χ0) is 15.9. The van der Waals surface area contributed by atoms with E-state index in [4.69, 9.17) is 0 Å². The summed E-state index contributed by atoms with van der Waals surface area (Å²) in [6.07, 6.45) is 4.27. The van der Waals surface area contributed by atoms with Gasteiger partial charge in [0.2, 0.25) is 5.91 Å². The van der Waals surface area contributed by atoms with Gasteiger partial charge in [0, 0.05) is 38.9 Å². The van der Waals surface area contributed by atoms with E-state index in [0.717, 1.165) is 24.2 Å². The van der Waals surface area contributed by atoms with Crippen molar-refractivity contribution in [2.75, 3.05) is 25.5 Å². The Morgan fingerprint density at radius 2 is 2.27 bits per heavy atom. The first-order chi connectivity index (χ1) is 10.6. The molecular formula is C15H23N5O2. The third-order valence-corrected chi connectivity index (χ3v) is 3.57. The number of hydrogen-bond acceptors (Lipinski definition) is 4. The molecule has 1 aromatic heterocycles. The summed E-state index contributed by atoms with van der Waals surface area (Å²) < 4.78 is 0. The van der Waals surface area contributed by atoms with Crippen LogP contribution in [-0.2, 0) is 11.3 Å². The van der Waals surface area contributed by atoms with Gasteiger partial charge in [-0.15, -0.1) is 0 Å². The topological polar surface area (TPSA) is 86.4 Å². The van der Waals surface area contributed by atoms with Gasteiger partial charge in [0.25, 0.3) is 0 Å². The molecule has 0 bridgehead atoms. The summed E-state index contributed by atoms with van der Waals surface area (Å²) in [4.78, 5) is 30.0. The third kappa shape index (κ3) is 4.34. The lowest BCUT2D eigenvalue weighted by Crippen LogP contribution is -2.49. The Hall–Kier alpha value is -2.31. The maximum Gasteiger partial charge on any atom is 0.315 e. The standard InChI is InChI=1S/C15H23N5O2/c1-20(2)13-11(6-5-9-16-13)10-18-15(22)19-12-7-3-4-8-17-14(12)21/h5-6,9,12H,3-4,7-8,10H2,1-2H3,(H,17,21)(H2,18,19,22). The lowest BCUT2D eigenvalue weighted by molar-refractivity contribution is -0.122. The van der Waals surface area contributed by atoms with Crippen LogP contribution in [0.5, 0.6) is 0 Å². The molecule has 2 heterocycles. The van der Waals surface area contributed by atoms with E-state index in [2.05, 4.69) is 20.9 Å². The number of carbonyl (C=O) groups excluding carboxylic acids is 2. The first-order valence-corrected chi connectivity index (χ1v) is 7.51. The summed E-state index contributed by atoms with van der Waals surface area (Å²) in [7, 11) is 3.81. The zero-order valence-corrected chi connectivity index (χ0v) is 13.1. The molecule has 7 nitrogen and oxygen atoms in total. The van der Waals surface area contributed by atoms with Gasteiger partial charge in [0.05, 0.1) is 0 Å². The van der Waals surface area contributed by atoms with Crippen LogP contribution in [0.1, 0.15) is 24.8 Å². The van der Waals surface area contributed by atoms with Crippen molar-refractivity contribution in [1.82, 2.24) is 20.9 Å². The van der Waals surface area contributed by atoms with Crippen molar-refractivity contribution in [2.45, 2.75) is 31.8 Å². The smallest absolute Gasteiger partial charge is 0.315 e. The third-order valence-electron chi connectivity index (χ3n) is 3.57. The summed E-state index contributed by atoms with van der Waals surface area (Å²) in [5, 5.41) is 8.32. The van der Waals surface area contributed by atoms with Gasteiger partial charge in [0.1, 0.15) is 11.9 Å². The maximum atomic E-state index is 12.0. The quantitative estimate of drug-likeness (QED) is 0.761. The van der Waals surface area contributed by atoms with Gasteiger partial charge in [0.15, 0.2) is 0 Å². The Morgan fingerprint density at radius 1 is 1.45 bits per heavy atom. The van der Waals surface area contributed by atoms with Crippen molar-refractivity contribution in [3.05, 3.63) is 23.9 Å². The van der Waals surface area contributed by atoms with E-state index in [1.165, 1.54) is 0 Å². The minimum atomic E-state index is -0.454. The van der Waals surface area contributed by atoms with Gasteiger partial charge >= 0.3 is 6.03 Å². The second kappa shape index (κ2) is 7.63. The number of nitrogens with one attached hydrogen (secondary N) is 3. The van der Waals surface area contributed by atoms with E-state index in [9.17, 15) is 9.59 Å². The molecule has 0 spiro atoms. The number of pyridine rings is 1. The Kier molecular flexibility index (Phi) is 5.57. The second-order valence-corrected chi connectivity index (χ2v) is 5.55. The number of urea groups is 1. The zero-order valence-electron chi connectivity index (χ0n) is 13.1. The number of rotatable bonds is 4. The molecule has 1 saturated heterocycles. The van der Waals surface area contributed by atoms with Crippen LogP contribution in [0.25, 0.3) is 0 Å². The SMILES string of the molecule is CN(C)c1ncccc1CNC(=O)NC1CCCCNC1=O. The van der Waals surface area contributed by atoms with E-state index >= 15 is 0 Å². The summed E-state index contributed by atoms with van der Waals surface area (Å²) in [6, 6.07) is 2.96. The molecule has 0 saturated carbocycles. The maximum absolute atomic E-state index is 12.0. The van der Waals surface area contributed by atoms with Gasteiger partial charge in [-0.1, -0.05) is 6.07 Å². The van der Waals surface area contributed by atoms with Crippen LogP contribution in [0.15, 0.2) is 18.3 Å². The molecule has 0 radical (unpaired) electrons. The molecular weight excluding hydrogens is 282 g/mol. The largest absolute Gasteiger partial charge is 0.362 e. The Morgan fingerprint density at radius 3 is 3.05 bits per heavy atom. The van der Waals surface area contributed by atoms with Crippen molar-refractivity contribution < 1.29 is 9.59 Å². The highest BCUT2D eigenvalue weighted by molar-refractivity contribution is 5.87. The van der Waals surface area contributed by atoms with Crippen LogP contribution in [0.3, 0.4) is 0 Å². The molecule has 1 aliphatic rings. The van der Waals surface area contributed by atoms with Crippen LogP contribution in [-0.4, -0.2) is 43.6 Å². The summed E-state index contributed by atoms with van der Waals surface area (Å²) >= 11 is 0. The Balaban J connectivity index is 1.89. The first kappa shape index (κ1) is 16.1. The van der Waals surface area contributed by atoms with Crippen molar-refractivity contribution in [3.63, 3.8) is 0 Å².